The van der Waals surface area contributed by atoms with Crippen molar-refractivity contribution in [3.8, 4) is 0 Å². The minimum Gasteiger partial charge on any atom is -0.346 e. The van der Waals surface area contributed by atoms with Crippen molar-refractivity contribution in [2.75, 3.05) is 19.6 Å². The number of amides is 2. The summed E-state index contributed by atoms with van der Waals surface area (Å²) < 4.78 is 0. The van der Waals surface area contributed by atoms with Crippen molar-refractivity contribution >= 4 is 24.2 Å². The minimum atomic E-state index is -0.301. The first-order valence-corrected chi connectivity index (χ1v) is 6.94. The van der Waals surface area contributed by atoms with Crippen molar-refractivity contribution in [1.29, 1.82) is 0 Å². The molecule has 1 aromatic rings. The molecular formula is C15H22ClN3O2. The third-order valence-corrected chi connectivity index (χ3v) is 3.93. The van der Waals surface area contributed by atoms with E-state index in [-0.39, 0.29) is 43.4 Å². The van der Waals surface area contributed by atoms with Gasteiger partial charge in [-0.1, -0.05) is 30.3 Å². The highest BCUT2D eigenvalue weighted by Crippen LogP contribution is 2.32. The molecule has 2 atom stereocenters. The van der Waals surface area contributed by atoms with E-state index in [1.54, 1.807) is 0 Å². The van der Waals surface area contributed by atoms with E-state index in [1.807, 2.05) is 23.1 Å². The van der Waals surface area contributed by atoms with E-state index in [2.05, 4.69) is 24.4 Å². The Morgan fingerprint density at radius 2 is 2.00 bits per heavy atom. The predicted molar refractivity (Wildman–Crippen MR) is 84.3 cm³/mol. The first-order chi connectivity index (χ1) is 9.63. The van der Waals surface area contributed by atoms with E-state index in [4.69, 9.17) is 5.73 Å². The van der Waals surface area contributed by atoms with Crippen LogP contribution in [-0.4, -0.2) is 42.4 Å². The average Bonchev–Trinajstić information content (AvgIpc) is 2.87. The summed E-state index contributed by atoms with van der Waals surface area (Å²) in [6.45, 7) is 2.74. The lowest BCUT2D eigenvalue weighted by Gasteiger charge is -2.25. The molecule has 0 bridgehead atoms. The van der Waals surface area contributed by atoms with Crippen molar-refractivity contribution in [1.82, 2.24) is 10.2 Å². The Balaban J connectivity index is 0.00000220. The molecule has 1 aliphatic rings. The molecule has 3 N–H and O–H groups in total. The zero-order chi connectivity index (χ0) is 14.5. The van der Waals surface area contributed by atoms with Crippen LogP contribution in [0.1, 0.15) is 24.8 Å². The van der Waals surface area contributed by atoms with Gasteiger partial charge < -0.3 is 16.0 Å². The van der Waals surface area contributed by atoms with Gasteiger partial charge >= 0.3 is 0 Å². The second-order valence-corrected chi connectivity index (χ2v) is 5.11. The van der Waals surface area contributed by atoms with Gasteiger partial charge in [0.15, 0.2) is 0 Å². The van der Waals surface area contributed by atoms with Gasteiger partial charge in [-0.25, -0.2) is 0 Å². The highest BCUT2D eigenvalue weighted by molar-refractivity contribution is 5.86. The van der Waals surface area contributed by atoms with E-state index in [9.17, 15) is 9.59 Å². The number of halogens is 1. The summed E-state index contributed by atoms with van der Waals surface area (Å²) in [6.07, 6.45) is 0.960. The Morgan fingerprint density at radius 1 is 1.33 bits per heavy atom. The molecule has 0 aromatic heterocycles. The van der Waals surface area contributed by atoms with Crippen molar-refractivity contribution in [3.63, 3.8) is 0 Å². The number of nitrogens with two attached hydrogens (primary N) is 1. The van der Waals surface area contributed by atoms with Gasteiger partial charge in [0, 0.05) is 18.5 Å². The number of carbonyl (C=O) groups excluding carboxylic acids is 2. The Kier molecular flexibility index (Phi) is 6.65. The summed E-state index contributed by atoms with van der Waals surface area (Å²) in [5.74, 6) is 0.0212. The van der Waals surface area contributed by atoms with Crippen LogP contribution >= 0.6 is 12.4 Å². The van der Waals surface area contributed by atoms with E-state index in [0.717, 1.165) is 13.0 Å². The van der Waals surface area contributed by atoms with E-state index in [1.165, 1.54) is 5.56 Å². The topological polar surface area (TPSA) is 75.4 Å². The molecular weight excluding hydrogens is 290 g/mol. The third kappa shape index (κ3) is 4.19. The van der Waals surface area contributed by atoms with Gasteiger partial charge in [-0.3, -0.25) is 9.59 Å². The normalized spacial score (nSPS) is 20.8. The van der Waals surface area contributed by atoms with Crippen molar-refractivity contribution < 1.29 is 9.59 Å². The van der Waals surface area contributed by atoms with Crippen LogP contribution in [0.4, 0.5) is 0 Å². The second-order valence-electron chi connectivity index (χ2n) is 5.11. The number of likely N-dealkylation sites (tertiary alicyclic amines) is 1. The molecule has 2 unspecified atom stereocenters. The maximum Gasteiger partial charge on any atom is 0.242 e. The zero-order valence-corrected chi connectivity index (χ0v) is 12.9. The number of nitrogens with one attached hydrogen (secondary N) is 1. The number of hydrogen-bond donors (Lipinski definition) is 2. The maximum absolute atomic E-state index is 12.1. The lowest BCUT2D eigenvalue weighted by atomic mass is 9.93. The molecule has 0 saturated carbocycles. The Labute approximate surface area is 131 Å². The smallest absolute Gasteiger partial charge is 0.242 e. The summed E-state index contributed by atoms with van der Waals surface area (Å²) >= 11 is 0. The molecule has 0 spiro atoms. The largest absolute Gasteiger partial charge is 0.346 e. The van der Waals surface area contributed by atoms with Gasteiger partial charge in [-0.2, -0.15) is 0 Å². The molecule has 5 nitrogen and oxygen atoms in total. The van der Waals surface area contributed by atoms with Crippen LogP contribution < -0.4 is 11.1 Å². The van der Waals surface area contributed by atoms with E-state index >= 15 is 0 Å². The molecule has 0 radical (unpaired) electrons. The predicted octanol–water partition coefficient (Wildman–Crippen LogP) is 0.888. The molecule has 1 saturated heterocycles. The van der Waals surface area contributed by atoms with Crippen molar-refractivity contribution in [2.24, 2.45) is 5.73 Å². The second kappa shape index (κ2) is 8.00. The number of hydrogen-bond acceptors (Lipinski definition) is 3. The lowest BCUT2D eigenvalue weighted by Crippen LogP contribution is -2.43. The van der Waals surface area contributed by atoms with E-state index in [0.29, 0.717) is 5.92 Å². The van der Waals surface area contributed by atoms with Crippen LogP contribution in [0.15, 0.2) is 30.3 Å². The SMILES string of the molecule is CC1C(c2ccccc2)CCN1C(=O)CNC(=O)CN.Cl. The maximum atomic E-state index is 12.1. The van der Waals surface area contributed by atoms with Gasteiger partial charge in [0.05, 0.1) is 13.1 Å². The summed E-state index contributed by atoms with van der Waals surface area (Å²) in [6, 6.07) is 10.4. The molecule has 116 valence electrons. The van der Waals surface area contributed by atoms with Crippen LogP contribution in [0, 0.1) is 0 Å². The molecule has 1 aliphatic heterocycles. The highest BCUT2D eigenvalue weighted by atomic mass is 35.5. The van der Waals surface area contributed by atoms with Crippen LogP contribution in [0.2, 0.25) is 0 Å². The highest BCUT2D eigenvalue weighted by Gasteiger charge is 2.34. The fourth-order valence-corrected chi connectivity index (χ4v) is 2.79. The van der Waals surface area contributed by atoms with Gasteiger partial charge in [0.25, 0.3) is 0 Å². The molecule has 2 rings (SSSR count). The molecule has 1 fully saturated rings. The minimum absolute atomic E-state index is 0. The van der Waals surface area contributed by atoms with Crippen LogP contribution in [-0.2, 0) is 9.59 Å². The molecule has 6 heteroatoms. The monoisotopic (exact) mass is 311 g/mol. The summed E-state index contributed by atoms with van der Waals surface area (Å²) in [5, 5.41) is 2.53. The standard InChI is InChI=1S/C15H21N3O2.ClH/c1-11-13(12-5-3-2-4-6-12)7-8-18(11)15(20)10-17-14(19)9-16;/h2-6,11,13H,7-10,16H2,1H3,(H,17,19);1H. The molecule has 21 heavy (non-hydrogen) atoms. The molecule has 1 heterocycles. The Hall–Kier alpha value is -1.59. The fourth-order valence-electron chi connectivity index (χ4n) is 2.79. The van der Waals surface area contributed by atoms with Gasteiger partial charge in [-0.05, 0) is 18.9 Å². The first-order valence-electron chi connectivity index (χ1n) is 6.94. The number of carbonyl (C=O) groups is 2. The number of benzene rings is 1. The first kappa shape index (κ1) is 17.5. The molecule has 1 aromatic carbocycles. The number of nitrogens with zero attached hydrogens (tertiary/aromatic N) is 1. The quantitative estimate of drug-likeness (QED) is 0.867. The Bertz CT molecular complexity index is 481. The van der Waals surface area contributed by atoms with Crippen molar-refractivity contribution in [3.05, 3.63) is 35.9 Å². The Morgan fingerprint density at radius 3 is 2.62 bits per heavy atom. The molecule has 0 aliphatic carbocycles. The average molecular weight is 312 g/mol. The lowest BCUT2D eigenvalue weighted by molar-refractivity contribution is -0.133. The fraction of sp³-hybridized carbons (Fsp3) is 0.467. The summed E-state index contributed by atoms with van der Waals surface area (Å²) in [7, 11) is 0. The van der Waals surface area contributed by atoms with Gasteiger partial charge in [0.2, 0.25) is 11.8 Å². The van der Waals surface area contributed by atoms with Crippen LogP contribution in [0.25, 0.3) is 0 Å². The molecule has 2 amide bonds. The third-order valence-electron chi connectivity index (χ3n) is 3.93. The van der Waals surface area contributed by atoms with Crippen LogP contribution in [0.5, 0.6) is 0 Å². The van der Waals surface area contributed by atoms with Crippen LogP contribution in [0.3, 0.4) is 0 Å². The summed E-state index contributed by atoms with van der Waals surface area (Å²) in [5.41, 5.74) is 6.47. The van der Waals surface area contributed by atoms with E-state index < -0.39 is 0 Å². The summed E-state index contributed by atoms with van der Waals surface area (Å²) in [4.78, 5) is 25.1. The zero-order valence-electron chi connectivity index (χ0n) is 12.1. The van der Waals surface area contributed by atoms with Gasteiger partial charge in [-0.15, -0.1) is 12.4 Å². The van der Waals surface area contributed by atoms with Gasteiger partial charge in [0.1, 0.15) is 0 Å². The van der Waals surface area contributed by atoms with Crippen molar-refractivity contribution in [2.45, 2.75) is 25.3 Å². The number of rotatable bonds is 4.